The number of fused-ring (bicyclic) bond motifs is 9. The van der Waals surface area contributed by atoms with Gasteiger partial charge in [-0.1, -0.05) is 31.6 Å². The average Bonchev–Trinajstić information content (AvgIpc) is 3.42. The maximum atomic E-state index is 13.2. The van der Waals surface area contributed by atoms with Crippen molar-refractivity contribution < 1.29 is 19.4 Å². The van der Waals surface area contributed by atoms with Crippen molar-refractivity contribution in [2.24, 2.45) is 11.3 Å². The Kier molecular flexibility index (Phi) is 4.55. The molecule has 5 aliphatic rings. The maximum Gasteiger partial charge on any atom is 0.195 e. The standard InChI is InChI=1S/C32H39NO4/c1-18(2)7-8-19-9-10-23-21(15-19)22-16-20-11-12-31(35)25-17-24(34)27-28(3,4)37-32(25,36-27)14-13-29(31,5)30(20,6)26(22)33-23/h7,9-10,15,17,20,27,33,35H,8,11-14,16H2,1-6H3/t20?,27-,29+,30+,31+,32-/m0/s1. The fraction of sp³-hybridized carbons (Fsp3) is 0.594. The molecule has 1 saturated heterocycles. The number of carbonyl (C=O) groups excluding carboxylic acids is 1. The van der Waals surface area contributed by atoms with Crippen molar-refractivity contribution in [1.82, 2.24) is 4.98 Å². The Morgan fingerprint density at radius 1 is 1.16 bits per heavy atom. The van der Waals surface area contributed by atoms with Crippen LogP contribution in [0.4, 0.5) is 0 Å². The van der Waals surface area contributed by atoms with Gasteiger partial charge in [-0.3, -0.25) is 4.79 Å². The molecule has 5 heteroatoms. The zero-order valence-corrected chi connectivity index (χ0v) is 23.0. The van der Waals surface area contributed by atoms with E-state index in [1.807, 2.05) is 13.8 Å². The molecule has 0 radical (unpaired) electrons. The van der Waals surface area contributed by atoms with E-state index >= 15 is 0 Å². The van der Waals surface area contributed by atoms with Crippen molar-refractivity contribution in [2.45, 2.75) is 109 Å². The molecular weight excluding hydrogens is 462 g/mol. The number of carbonyl (C=O) groups is 1. The normalized spacial score (nSPS) is 41.1. The summed E-state index contributed by atoms with van der Waals surface area (Å²) in [5.41, 5.74) is 4.58. The van der Waals surface area contributed by atoms with Crippen LogP contribution in [0.5, 0.6) is 0 Å². The Bertz CT molecular complexity index is 1430. The van der Waals surface area contributed by atoms with Crippen molar-refractivity contribution in [3.63, 3.8) is 0 Å². The first-order valence-corrected chi connectivity index (χ1v) is 14.0. The van der Waals surface area contributed by atoms with Crippen molar-refractivity contribution >= 4 is 16.7 Å². The van der Waals surface area contributed by atoms with Crippen LogP contribution in [-0.4, -0.2) is 39.0 Å². The minimum Gasteiger partial charge on any atom is -0.385 e. The molecule has 2 aliphatic heterocycles. The summed E-state index contributed by atoms with van der Waals surface area (Å²) in [5.74, 6) is -0.644. The van der Waals surface area contributed by atoms with Gasteiger partial charge in [0.1, 0.15) is 5.60 Å². The Hall–Kier alpha value is -2.21. The monoisotopic (exact) mass is 501 g/mol. The number of rotatable bonds is 2. The smallest absolute Gasteiger partial charge is 0.195 e. The molecule has 7 rings (SSSR count). The summed E-state index contributed by atoms with van der Waals surface area (Å²) < 4.78 is 12.9. The highest BCUT2D eigenvalue weighted by molar-refractivity contribution is 5.97. The van der Waals surface area contributed by atoms with Crippen LogP contribution in [0.2, 0.25) is 0 Å². The van der Waals surface area contributed by atoms with E-state index in [4.69, 9.17) is 9.47 Å². The first kappa shape index (κ1) is 23.9. The van der Waals surface area contributed by atoms with Gasteiger partial charge in [0.2, 0.25) is 0 Å². The van der Waals surface area contributed by atoms with Gasteiger partial charge in [0, 0.05) is 39.4 Å². The third kappa shape index (κ3) is 2.73. The molecule has 2 saturated carbocycles. The van der Waals surface area contributed by atoms with E-state index in [2.05, 4.69) is 57.0 Å². The number of aromatic nitrogens is 1. The summed E-state index contributed by atoms with van der Waals surface area (Å²) in [6, 6.07) is 6.81. The summed E-state index contributed by atoms with van der Waals surface area (Å²) in [6.45, 7) is 12.8. The van der Waals surface area contributed by atoms with Crippen molar-refractivity contribution in [3.05, 3.63) is 58.3 Å². The molecule has 3 fully saturated rings. The van der Waals surface area contributed by atoms with Crippen LogP contribution in [0, 0.1) is 11.3 Å². The third-order valence-corrected chi connectivity index (χ3v) is 11.1. The summed E-state index contributed by atoms with van der Waals surface area (Å²) in [4.78, 5) is 17.0. The minimum atomic E-state index is -1.18. The zero-order valence-electron chi connectivity index (χ0n) is 23.0. The molecule has 1 aromatic carbocycles. The summed E-state index contributed by atoms with van der Waals surface area (Å²) in [5, 5.41) is 14.0. The molecule has 2 aromatic rings. The number of allylic oxidation sites excluding steroid dienone is 2. The van der Waals surface area contributed by atoms with Crippen LogP contribution in [0.15, 0.2) is 41.5 Å². The third-order valence-electron chi connectivity index (χ3n) is 11.1. The molecule has 1 unspecified atom stereocenters. The first-order chi connectivity index (χ1) is 17.3. The van der Waals surface area contributed by atoms with Gasteiger partial charge in [-0.25, -0.2) is 0 Å². The molecular formula is C32H39NO4. The summed E-state index contributed by atoms with van der Waals surface area (Å²) in [7, 11) is 0. The molecule has 2 N–H and O–H groups in total. The lowest BCUT2D eigenvalue weighted by atomic mass is 9.42. The molecule has 6 atom stereocenters. The van der Waals surface area contributed by atoms with Crippen molar-refractivity contribution in [3.8, 4) is 0 Å². The SMILES string of the molecule is CC(C)=CCc1ccc2[nH]c3c(c2c1)CC1CC[C@@]2(O)C4=CC(=O)[C@@H]5O[C@@]4(CC[C@]2(C)[C@@]31C)OC5(C)C. The quantitative estimate of drug-likeness (QED) is 0.508. The Labute approximate surface area is 219 Å². The van der Waals surface area contributed by atoms with Crippen LogP contribution in [0.25, 0.3) is 10.9 Å². The zero-order chi connectivity index (χ0) is 26.2. The number of hydrogen-bond acceptors (Lipinski definition) is 4. The van der Waals surface area contributed by atoms with Gasteiger partial charge in [0.25, 0.3) is 0 Å². The van der Waals surface area contributed by atoms with Crippen molar-refractivity contribution in [2.75, 3.05) is 0 Å². The molecule has 37 heavy (non-hydrogen) atoms. The number of aromatic amines is 1. The van der Waals surface area contributed by atoms with Gasteiger partial charge in [0.15, 0.2) is 17.7 Å². The van der Waals surface area contributed by atoms with Gasteiger partial charge in [-0.2, -0.15) is 0 Å². The van der Waals surface area contributed by atoms with E-state index in [1.165, 1.54) is 33.3 Å². The molecule has 3 aliphatic carbocycles. The molecule has 2 bridgehead atoms. The van der Waals surface area contributed by atoms with Gasteiger partial charge >= 0.3 is 0 Å². The Morgan fingerprint density at radius 2 is 1.95 bits per heavy atom. The molecule has 3 heterocycles. The van der Waals surface area contributed by atoms with Crippen LogP contribution >= 0.6 is 0 Å². The summed E-state index contributed by atoms with van der Waals surface area (Å²) >= 11 is 0. The van der Waals surface area contributed by atoms with Crippen LogP contribution in [0.3, 0.4) is 0 Å². The largest absolute Gasteiger partial charge is 0.385 e. The lowest BCUT2D eigenvalue weighted by molar-refractivity contribution is -0.247. The number of aliphatic hydroxyl groups is 1. The van der Waals surface area contributed by atoms with Gasteiger partial charge in [0.05, 0.1) is 5.60 Å². The topological polar surface area (TPSA) is 71.5 Å². The number of ketones is 1. The van der Waals surface area contributed by atoms with E-state index in [0.717, 1.165) is 25.7 Å². The summed E-state index contributed by atoms with van der Waals surface area (Å²) in [6.07, 6.45) is 8.28. The van der Waals surface area contributed by atoms with Gasteiger partial charge in [-0.05, 0) is 95.1 Å². The average molecular weight is 502 g/mol. The predicted molar refractivity (Wildman–Crippen MR) is 143 cm³/mol. The second-order valence-corrected chi connectivity index (χ2v) is 13.6. The van der Waals surface area contributed by atoms with Crippen LogP contribution in [-0.2, 0) is 32.5 Å². The first-order valence-electron chi connectivity index (χ1n) is 14.0. The predicted octanol–water partition coefficient (Wildman–Crippen LogP) is 5.83. The maximum absolute atomic E-state index is 13.2. The number of hydrogen-bond donors (Lipinski definition) is 2. The number of nitrogens with one attached hydrogen (secondary N) is 1. The van der Waals surface area contributed by atoms with Crippen LogP contribution < -0.4 is 0 Å². The van der Waals surface area contributed by atoms with Crippen LogP contribution in [0.1, 0.15) is 84.0 Å². The van der Waals surface area contributed by atoms with Gasteiger partial charge < -0.3 is 19.6 Å². The highest BCUT2D eigenvalue weighted by Gasteiger charge is 2.75. The molecule has 1 aromatic heterocycles. The lowest BCUT2D eigenvalue weighted by Crippen LogP contribution is -2.69. The molecule has 0 amide bonds. The molecule has 1 spiro atoms. The highest BCUT2D eigenvalue weighted by atomic mass is 16.8. The number of ether oxygens (including phenoxy) is 2. The second kappa shape index (κ2) is 7.05. The van der Waals surface area contributed by atoms with E-state index in [0.29, 0.717) is 24.3 Å². The number of H-pyrrole nitrogens is 1. The lowest BCUT2D eigenvalue weighted by Gasteiger charge is -2.65. The number of benzene rings is 1. The van der Waals surface area contributed by atoms with Crippen molar-refractivity contribution in [1.29, 1.82) is 0 Å². The minimum absolute atomic E-state index is 0.0836. The van der Waals surface area contributed by atoms with E-state index in [1.54, 1.807) is 6.08 Å². The Morgan fingerprint density at radius 3 is 2.70 bits per heavy atom. The highest BCUT2D eigenvalue weighted by Crippen LogP contribution is 2.71. The fourth-order valence-corrected chi connectivity index (χ4v) is 8.93. The van der Waals surface area contributed by atoms with E-state index < -0.39 is 28.5 Å². The van der Waals surface area contributed by atoms with E-state index in [-0.39, 0.29) is 11.2 Å². The second-order valence-electron chi connectivity index (χ2n) is 13.6. The molecule has 5 nitrogen and oxygen atoms in total. The van der Waals surface area contributed by atoms with E-state index in [9.17, 15) is 9.90 Å². The molecule has 196 valence electrons. The van der Waals surface area contributed by atoms with Gasteiger partial charge in [-0.15, -0.1) is 0 Å². The fourth-order valence-electron chi connectivity index (χ4n) is 8.93. The Balaban J connectivity index is 1.36.